The van der Waals surface area contributed by atoms with Crippen LogP contribution < -0.4 is 11.2 Å². The summed E-state index contributed by atoms with van der Waals surface area (Å²) < 4.78 is 0. The summed E-state index contributed by atoms with van der Waals surface area (Å²) in [6.45, 7) is 5.61. The van der Waals surface area contributed by atoms with E-state index in [0.717, 1.165) is 5.56 Å². The van der Waals surface area contributed by atoms with Gasteiger partial charge in [0.2, 0.25) is 5.91 Å². The Hall–Kier alpha value is -1.55. The number of amides is 1. The lowest BCUT2D eigenvalue weighted by Gasteiger charge is -2.18. The van der Waals surface area contributed by atoms with Gasteiger partial charge >= 0.3 is 0 Å². The first-order chi connectivity index (χ1) is 7.37. The first-order valence-electron chi connectivity index (χ1n) is 5.18. The van der Waals surface area contributed by atoms with E-state index in [4.69, 9.17) is 10.6 Å². The van der Waals surface area contributed by atoms with Crippen molar-refractivity contribution in [3.63, 3.8) is 0 Å². The van der Waals surface area contributed by atoms with Gasteiger partial charge in [0.1, 0.15) is 0 Å². The number of carbonyl (C=O) groups is 1. The summed E-state index contributed by atoms with van der Waals surface area (Å²) in [4.78, 5) is 16.7. The molecule has 88 valence electrons. The van der Waals surface area contributed by atoms with Gasteiger partial charge in [-0.15, -0.1) is 0 Å². The maximum absolute atomic E-state index is 11.5. The molecular formula is C12H18N2O2. The van der Waals surface area contributed by atoms with Crippen molar-refractivity contribution >= 4 is 11.6 Å². The maximum atomic E-state index is 11.5. The van der Waals surface area contributed by atoms with E-state index in [1.807, 2.05) is 32.9 Å². The maximum Gasteiger partial charge on any atom is 0.247 e. The van der Waals surface area contributed by atoms with Crippen LogP contribution in [0.25, 0.3) is 0 Å². The minimum absolute atomic E-state index is 0.180. The highest BCUT2D eigenvalue weighted by molar-refractivity contribution is 5.77. The molecule has 1 amide bonds. The van der Waals surface area contributed by atoms with Crippen molar-refractivity contribution in [3.8, 4) is 0 Å². The minimum Gasteiger partial charge on any atom is -0.399 e. The summed E-state index contributed by atoms with van der Waals surface area (Å²) in [7, 11) is 0. The Balaban J connectivity index is 2.46. The van der Waals surface area contributed by atoms with Gasteiger partial charge < -0.3 is 5.73 Å². The third-order valence-corrected chi connectivity index (χ3v) is 1.79. The lowest BCUT2D eigenvalue weighted by Crippen LogP contribution is -2.34. The van der Waals surface area contributed by atoms with Crippen LogP contribution in [0.1, 0.15) is 26.3 Å². The normalized spacial score (nSPS) is 11.2. The Kier molecular flexibility index (Phi) is 3.90. The quantitative estimate of drug-likeness (QED) is 0.604. The highest BCUT2D eigenvalue weighted by atomic mass is 16.7. The molecule has 0 unspecified atom stereocenters. The lowest BCUT2D eigenvalue weighted by molar-refractivity contribution is -0.144. The van der Waals surface area contributed by atoms with E-state index in [-0.39, 0.29) is 17.9 Å². The largest absolute Gasteiger partial charge is 0.399 e. The first kappa shape index (κ1) is 12.5. The molecular weight excluding hydrogens is 204 g/mol. The smallest absolute Gasteiger partial charge is 0.247 e. The van der Waals surface area contributed by atoms with Gasteiger partial charge in [0, 0.05) is 5.69 Å². The van der Waals surface area contributed by atoms with E-state index in [1.54, 1.807) is 12.1 Å². The average molecular weight is 222 g/mol. The molecule has 0 fully saturated rings. The van der Waals surface area contributed by atoms with Gasteiger partial charge in [-0.3, -0.25) is 9.63 Å². The van der Waals surface area contributed by atoms with E-state index in [9.17, 15) is 4.79 Å². The third-order valence-electron chi connectivity index (χ3n) is 1.79. The number of carbonyl (C=O) groups excluding carboxylic acids is 1. The summed E-state index contributed by atoms with van der Waals surface area (Å²) >= 11 is 0. The van der Waals surface area contributed by atoms with Gasteiger partial charge in [0.15, 0.2) is 0 Å². The molecule has 3 N–H and O–H groups in total. The second kappa shape index (κ2) is 4.99. The molecule has 0 heterocycles. The predicted molar refractivity (Wildman–Crippen MR) is 63.5 cm³/mol. The Bertz CT molecular complexity index is 370. The number of anilines is 1. The molecule has 16 heavy (non-hydrogen) atoms. The molecule has 4 heteroatoms. The highest BCUT2D eigenvalue weighted by Gasteiger charge is 2.12. The zero-order valence-electron chi connectivity index (χ0n) is 9.91. The number of nitrogens with one attached hydrogen (secondary N) is 1. The van der Waals surface area contributed by atoms with E-state index >= 15 is 0 Å². The van der Waals surface area contributed by atoms with Gasteiger partial charge in [-0.1, -0.05) is 12.1 Å². The molecule has 1 rings (SSSR count). The number of rotatable bonds is 3. The Morgan fingerprint density at radius 3 is 2.69 bits per heavy atom. The van der Waals surface area contributed by atoms with Crippen LogP contribution in [0, 0.1) is 0 Å². The van der Waals surface area contributed by atoms with Crippen molar-refractivity contribution in [1.29, 1.82) is 0 Å². The molecule has 0 bridgehead atoms. The second-order valence-electron chi connectivity index (χ2n) is 4.66. The first-order valence-corrected chi connectivity index (χ1v) is 5.18. The summed E-state index contributed by atoms with van der Waals surface area (Å²) in [6.07, 6.45) is 0.265. The van der Waals surface area contributed by atoms with Gasteiger partial charge in [-0.25, -0.2) is 5.48 Å². The van der Waals surface area contributed by atoms with Gasteiger partial charge in [0.25, 0.3) is 0 Å². The topological polar surface area (TPSA) is 64.3 Å². The fourth-order valence-corrected chi connectivity index (χ4v) is 1.13. The van der Waals surface area contributed by atoms with Crippen LogP contribution >= 0.6 is 0 Å². The molecule has 1 aromatic rings. The molecule has 0 aliphatic heterocycles. The minimum atomic E-state index is -0.384. The van der Waals surface area contributed by atoms with Crippen molar-refractivity contribution in [3.05, 3.63) is 29.8 Å². The number of nitrogen functional groups attached to an aromatic ring is 1. The zero-order valence-corrected chi connectivity index (χ0v) is 9.91. The molecule has 0 spiro atoms. The van der Waals surface area contributed by atoms with Gasteiger partial charge in [0.05, 0.1) is 12.0 Å². The lowest BCUT2D eigenvalue weighted by atomic mass is 10.1. The molecule has 4 nitrogen and oxygen atoms in total. The van der Waals surface area contributed by atoms with Crippen LogP contribution in [0.5, 0.6) is 0 Å². The second-order valence-corrected chi connectivity index (χ2v) is 4.66. The Morgan fingerprint density at radius 1 is 1.44 bits per heavy atom. The van der Waals surface area contributed by atoms with Crippen molar-refractivity contribution in [2.24, 2.45) is 0 Å². The molecule has 0 saturated heterocycles. The van der Waals surface area contributed by atoms with E-state index in [0.29, 0.717) is 5.69 Å². The average Bonchev–Trinajstić information content (AvgIpc) is 2.14. The molecule has 0 saturated carbocycles. The standard InChI is InChI=1S/C12H18N2O2/c1-12(2,3)16-14-11(15)8-9-5-4-6-10(13)7-9/h4-7H,8,13H2,1-3H3,(H,14,15). The monoisotopic (exact) mass is 222 g/mol. The van der Waals surface area contributed by atoms with Crippen LogP contribution in [0.2, 0.25) is 0 Å². The summed E-state index contributed by atoms with van der Waals surface area (Å²) in [5.74, 6) is -0.180. The summed E-state index contributed by atoms with van der Waals surface area (Å²) in [5.41, 5.74) is 9.17. The number of hydrogen-bond acceptors (Lipinski definition) is 3. The van der Waals surface area contributed by atoms with E-state index in [1.165, 1.54) is 0 Å². The zero-order chi connectivity index (χ0) is 12.2. The number of hydrogen-bond donors (Lipinski definition) is 2. The van der Waals surface area contributed by atoms with E-state index < -0.39 is 0 Å². The van der Waals surface area contributed by atoms with Crippen molar-refractivity contribution in [2.75, 3.05) is 5.73 Å². The summed E-state index contributed by atoms with van der Waals surface area (Å²) in [5, 5.41) is 0. The summed E-state index contributed by atoms with van der Waals surface area (Å²) in [6, 6.07) is 7.24. The molecule has 0 radical (unpaired) electrons. The van der Waals surface area contributed by atoms with Crippen LogP contribution in [-0.4, -0.2) is 11.5 Å². The highest BCUT2D eigenvalue weighted by Crippen LogP contribution is 2.08. The fraction of sp³-hybridized carbons (Fsp3) is 0.417. The van der Waals surface area contributed by atoms with Crippen LogP contribution in [0.4, 0.5) is 5.69 Å². The van der Waals surface area contributed by atoms with Crippen LogP contribution in [0.15, 0.2) is 24.3 Å². The molecule has 0 aliphatic carbocycles. The SMILES string of the molecule is CC(C)(C)ONC(=O)Cc1cccc(N)c1. The van der Waals surface area contributed by atoms with Gasteiger partial charge in [-0.2, -0.15) is 0 Å². The number of hydroxylamine groups is 1. The predicted octanol–water partition coefficient (Wildman–Crippen LogP) is 1.66. The molecule has 1 aromatic carbocycles. The number of nitrogens with two attached hydrogens (primary N) is 1. The Morgan fingerprint density at radius 2 is 2.12 bits per heavy atom. The van der Waals surface area contributed by atoms with E-state index in [2.05, 4.69) is 5.48 Å². The fourth-order valence-electron chi connectivity index (χ4n) is 1.13. The Labute approximate surface area is 95.7 Å². The third kappa shape index (κ3) is 4.79. The van der Waals surface area contributed by atoms with Crippen LogP contribution in [-0.2, 0) is 16.1 Å². The number of benzene rings is 1. The van der Waals surface area contributed by atoms with Gasteiger partial charge in [-0.05, 0) is 38.5 Å². The molecule has 0 aromatic heterocycles. The van der Waals surface area contributed by atoms with Crippen molar-refractivity contribution < 1.29 is 9.63 Å². The molecule has 0 atom stereocenters. The van der Waals surface area contributed by atoms with Crippen LogP contribution in [0.3, 0.4) is 0 Å². The molecule has 0 aliphatic rings. The van der Waals surface area contributed by atoms with Crippen molar-refractivity contribution in [2.45, 2.75) is 32.8 Å². The van der Waals surface area contributed by atoms with Crippen molar-refractivity contribution in [1.82, 2.24) is 5.48 Å².